The van der Waals surface area contributed by atoms with Crippen LogP contribution in [0.1, 0.15) is 50.2 Å². The highest BCUT2D eigenvalue weighted by Crippen LogP contribution is 2.25. The lowest BCUT2D eigenvalue weighted by molar-refractivity contribution is 0.142. The van der Waals surface area contributed by atoms with Gasteiger partial charge in [-0.25, -0.2) is 0 Å². The Balaban J connectivity index is 1.90. The van der Waals surface area contributed by atoms with Crippen LogP contribution in [-0.2, 0) is 13.1 Å². The molecular formula is C15H26N2O. The molecule has 1 N–H and O–H groups in total. The van der Waals surface area contributed by atoms with E-state index in [1.54, 1.807) is 0 Å². The molecule has 0 unspecified atom stereocenters. The maximum atomic E-state index is 5.95. The maximum Gasteiger partial charge on any atom is 0.120 e. The zero-order valence-corrected chi connectivity index (χ0v) is 12.1. The SMILES string of the molecule is Cc1cc(CN(C)C2CCC2)oc1CNC(C)C. The highest BCUT2D eigenvalue weighted by Gasteiger charge is 2.22. The van der Waals surface area contributed by atoms with Crippen molar-refractivity contribution in [2.45, 2.75) is 65.2 Å². The Morgan fingerprint density at radius 1 is 1.44 bits per heavy atom. The molecule has 0 bridgehead atoms. The van der Waals surface area contributed by atoms with Gasteiger partial charge in [-0.3, -0.25) is 4.90 Å². The summed E-state index contributed by atoms with van der Waals surface area (Å²) in [6, 6.07) is 3.45. The van der Waals surface area contributed by atoms with Gasteiger partial charge in [-0.05, 0) is 38.4 Å². The molecule has 0 amide bonds. The second kappa shape index (κ2) is 5.89. The van der Waals surface area contributed by atoms with E-state index < -0.39 is 0 Å². The average Bonchev–Trinajstić information content (AvgIpc) is 2.53. The van der Waals surface area contributed by atoms with E-state index in [1.165, 1.54) is 24.8 Å². The molecule has 2 rings (SSSR count). The lowest BCUT2D eigenvalue weighted by atomic mass is 9.92. The van der Waals surface area contributed by atoms with Gasteiger partial charge in [0.1, 0.15) is 11.5 Å². The fourth-order valence-corrected chi connectivity index (χ4v) is 2.34. The molecule has 1 heterocycles. The molecule has 1 saturated carbocycles. The normalized spacial score (nSPS) is 16.6. The van der Waals surface area contributed by atoms with Crippen LogP contribution >= 0.6 is 0 Å². The summed E-state index contributed by atoms with van der Waals surface area (Å²) >= 11 is 0. The number of furan rings is 1. The lowest BCUT2D eigenvalue weighted by Crippen LogP contribution is -2.36. The van der Waals surface area contributed by atoms with Crippen LogP contribution in [0.25, 0.3) is 0 Å². The van der Waals surface area contributed by atoms with Gasteiger partial charge < -0.3 is 9.73 Å². The molecular weight excluding hydrogens is 224 g/mol. The van der Waals surface area contributed by atoms with Crippen LogP contribution in [0.2, 0.25) is 0 Å². The van der Waals surface area contributed by atoms with E-state index in [2.05, 4.69) is 44.1 Å². The molecule has 1 aliphatic carbocycles. The monoisotopic (exact) mass is 250 g/mol. The van der Waals surface area contributed by atoms with Crippen LogP contribution in [-0.4, -0.2) is 24.0 Å². The van der Waals surface area contributed by atoms with Gasteiger partial charge in [-0.15, -0.1) is 0 Å². The van der Waals surface area contributed by atoms with Crippen LogP contribution in [0.4, 0.5) is 0 Å². The third-order valence-corrected chi connectivity index (χ3v) is 3.85. The van der Waals surface area contributed by atoms with E-state index in [0.717, 1.165) is 30.7 Å². The molecule has 3 nitrogen and oxygen atoms in total. The third-order valence-electron chi connectivity index (χ3n) is 3.85. The van der Waals surface area contributed by atoms with Gasteiger partial charge in [-0.2, -0.15) is 0 Å². The highest BCUT2D eigenvalue weighted by molar-refractivity contribution is 5.20. The summed E-state index contributed by atoms with van der Waals surface area (Å²) < 4.78 is 5.95. The van der Waals surface area contributed by atoms with Crippen molar-refractivity contribution in [1.82, 2.24) is 10.2 Å². The minimum absolute atomic E-state index is 0.496. The minimum Gasteiger partial charge on any atom is -0.463 e. The molecule has 0 radical (unpaired) electrons. The van der Waals surface area contributed by atoms with Crippen LogP contribution < -0.4 is 5.32 Å². The van der Waals surface area contributed by atoms with Crippen molar-refractivity contribution in [2.75, 3.05) is 7.05 Å². The van der Waals surface area contributed by atoms with Crippen molar-refractivity contribution in [2.24, 2.45) is 0 Å². The van der Waals surface area contributed by atoms with Gasteiger partial charge in [0.25, 0.3) is 0 Å². The van der Waals surface area contributed by atoms with Crippen molar-refractivity contribution < 1.29 is 4.42 Å². The summed E-state index contributed by atoms with van der Waals surface area (Å²) in [5.74, 6) is 2.18. The molecule has 0 aliphatic heterocycles. The zero-order chi connectivity index (χ0) is 13.1. The minimum atomic E-state index is 0.496. The molecule has 18 heavy (non-hydrogen) atoms. The summed E-state index contributed by atoms with van der Waals surface area (Å²) in [5, 5.41) is 3.41. The predicted molar refractivity (Wildman–Crippen MR) is 74.5 cm³/mol. The Morgan fingerprint density at radius 3 is 2.72 bits per heavy atom. The van der Waals surface area contributed by atoms with E-state index in [0.29, 0.717) is 6.04 Å². The number of aryl methyl sites for hydroxylation is 1. The topological polar surface area (TPSA) is 28.4 Å². The molecule has 1 aromatic heterocycles. The van der Waals surface area contributed by atoms with Gasteiger partial charge in [0.05, 0.1) is 13.1 Å². The smallest absolute Gasteiger partial charge is 0.120 e. The van der Waals surface area contributed by atoms with Crippen LogP contribution in [0, 0.1) is 6.92 Å². The van der Waals surface area contributed by atoms with Crippen LogP contribution in [0.5, 0.6) is 0 Å². The number of nitrogens with one attached hydrogen (secondary N) is 1. The Hall–Kier alpha value is -0.800. The summed E-state index contributed by atoms with van der Waals surface area (Å²) in [5.41, 5.74) is 1.26. The first-order chi connectivity index (χ1) is 8.56. The Labute approximate surface area is 111 Å². The Kier molecular flexibility index (Phi) is 4.46. The van der Waals surface area contributed by atoms with Gasteiger partial charge in [0.2, 0.25) is 0 Å². The standard InChI is InChI=1S/C15H26N2O/c1-11(2)16-9-15-12(3)8-14(18-15)10-17(4)13-6-5-7-13/h8,11,13,16H,5-7,9-10H2,1-4H3. The Morgan fingerprint density at radius 2 is 2.17 bits per heavy atom. The van der Waals surface area contributed by atoms with Crippen molar-refractivity contribution in [1.29, 1.82) is 0 Å². The second-order valence-electron chi connectivity index (χ2n) is 5.85. The van der Waals surface area contributed by atoms with Gasteiger partial charge >= 0.3 is 0 Å². The summed E-state index contributed by atoms with van der Waals surface area (Å²) in [6.45, 7) is 8.21. The van der Waals surface area contributed by atoms with Crippen molar-refractivity contribution >= 4 is 0 Å². The van der Waals surface area contributed by atoms with E-state index >= 15 is 0 Å². The summed E-state index contributed by atoms with van der Waals surface area (Å²) in [6.07, 6.45) is 4.08. The first kappa shape index (κ1) is 13.6. The molecule has 102 valence electrons. The second-order valence-corrected chi connectivity index (χ2v) is 5.85. The molecule has 0 atom stereocenters. The molecule has 1 aromatic rings. The largest absolute Gasteiger partial charge is 0.463 e. The van der Waals surface area contributed by atoms with E-state index in [9.17, 15) is 0 Å². The van der Waals surface area contributed by atoms with Crippen LogP contribution in [0.15, 0.2) is 10.5 Å². The highest BCUT2D eigenvalue weighted by atomic mass is 16.3. The first-order valence-electron chi connectivity index (χ1n) is 7.08. The average molecular weight is 250 g/mol. The van der Waals surface area contributed by atoms with E-state index in [1.807, 2.05) is 0 Å². The van der Waals surface area contributed by atoms with Crippen molar-refractivity contribution in [3.63, 3.8) is 0 Å². The van der Waals surface area contributed by atoms with Crippen molar-refractivity contribution in [3.05, 3.63) is 23.2 Å². The van der Waals surface area contributed by atoms with Gasteiger partial charge in [0.15, 0.2) is 0 Å². The number of hydrogen-bond acceptors (Lipinski definition) is 3. The molecule has 1 aliphatic rings. The number of nitrogens with zero attached hydrogens (tertiary/aromatic N) is 1. The fourth-order valence-electron chi connectivity index (χ4n) is 2.34. The van der Waals surface area contributed by atoms with E-state index in [4.69, 9.17) is 4.42 Å². The lowest BCUT2D eigenvalue weighted by Gasteiger charge is -2.34. The Bertz CT molecular complexity index is 380. The number of hydrogen-bond donors (Lipinski definition) is 1. The zero-order valence-electron chi connectivity index (χ0n) is 12.1. The molecule has 0 spiro atoms. The van der Waals surface area contributed by atoms with Gasteiger partial charge in [0, 0.05) is 12.1 Å². The first-order valence-corrected chi connectivity index (χ1v) is 7.08. The third kappa shape index (κ3) is 3.36. The molecule has 0 saturated heterocycles. The quantitative estimate of drug-likeness (QED) is 0.841. The molecule has 3 heteroatoms. The fraction of sp³-hybridized carbons (Fsp3) is 0.733. The summed E-state index contributed by atoms with van der Waals surface area (Å²) in [7, 11) is 2.20. The van der Waals surface area contributed by atoms with Crippen molar-refractivity contribution in [3.8, 4) is 0 Å². The van der Waals surface area contributed by atoms with Gasteiger partial charge in [-0.1, -0.05) is 20.3 Å². The summed E-state index contributed by atoms with van der Waals surface area (Å²) in [4.78, 5) is 2.42. The molecule has 1 fully saturated rings. The van der Waals surface area contributed by atoms with Crippen LogP contribution in [0.3, 0.4) is 0 Å². The molecule has 0 aromatic carbocycles. The van der Waals surface area contributed by atoms with E-state index in [-0.39, 0.29) is 0 Å². The predicted octanol–water partition coefficient (Wildman–Crippen LogP) is 3.07. The number of rotatable bonds is 6. The maximum absolute atomic E-state index is 5.95.